The molecule has 0 aromatic rings. The lowest BCUT2D eigenvalue weighted by Crippen LogP contribution is -2.73. The second-order valence-electron chi connectivity index (χ2n) is 5.85. The van der Waals surface area contributed by atoms with Gasteiger partial charge in [0, 0.05) is 6.08 Å². The fraction of sp³-hybridized carbons (Fsp3) is 0.769. The van der Waals surface area contributed by atoms with E-state index in [0.29, 0.717) is 0 Å². The van der Waals surface area contributed by atoms with Crippen LogP contribution in [0.2, 0.25) is 0 Å². The van der Waals surface area contributed by atoms with E-state index in [9.17, 15) is 79.4 Å². The molecule has 0 aliphatic rings. The van der Waals surface area contributed by atoms with Gasteiger partial charge >= 0.3 is 53.5 Å². The highest BCUT2D eigenvalue weighted by Gasteiger charge is 2.93. The van der Waals surface area contributed by atoms with E-state index in [1.54, 1.807) is 0 Å². The van der Waals surface area contributed by atoms with E-state index in [-0.39, 0.29) is 6.08 Å². The summed E-state index contributed by atoms with van der Waals surface area (Å²) in [5, 5.41) is 0. The maximum absolute atomic E-state index is 13.4. The molecule has 19 heteroatoms. The van der Waals surface area contributed by atoms with Crippen molar-refractivity contribution >= 4 is 5.97 Å². The summed E-state index contributed by atoms with van der Waals surface area (Å²) in [5.41, 5.74) is 0. The van der Waals surface area contributed by atoms with Crippen molar-refractivity contribution in [2.75, 3.05) is 6.67 Å². The van der Waals surface area contributed by atoms with Gasteiger partial charge < -0.3 is 4.74 Å². The molecule has 0 bridgehead atoms. The van der Waals surface area contributed by atoms with Crippen molar-refractivity contribution in [1.82, 2.24) is 0 Å². The highest BCUT2D eigenvalue weighted by atomic mass is 19.4. The molecule has 0 unspecified atom stereocenters. The van der Waals surface area contributed by atoms with Gasteiger partial charge in [0.1, 0.15) is 6.42 Å². The maximum Gasteiger partial charge on any atom is 0.406 e. The normalized spacial score (nSPS) is 15.5. The van der Waals surface area contributed by atoms with E-state index in [1.165, 1.54) is 0 Å². The number of alkyl halides is 17. The van der Waals surface area contributed by atoms with E-state index in [0.717, 1.165) is 0 Å². The molecule has 0 saturated carbocycles. The van der Waals surface area contributed by atoms with Crippen LogP contribution >= 0.6 is 0 Å². The van der Waals surface area contributed by atoms with Gasteiger partial charge in [-0.15, -0.1) is 0 Å². The molecule has 0 aromatic heterocycles. The fourth-order valence-corrected chi connectivity index (χ4v) is 1.73. The van der Waals surface area contributed by atoms with Crippen LogP contribution in [0, 0.1) is 0 Å². The lowest BCUT2D eigenvalue weighted by molar-refractivity contribution is -0.445. The molecule has 32 heavy (non-hydrogen) atoms. The lowest BCUT2D eigenvalue weighted by atomic mass is 9.88. The maximum atomic E-state index is 13.4. The van der Waals surface area contributed by atoms with Gasteiger partial charge in [-0.25, -0.2) is 9.18 Å². The Morgan fingerprint density at radius 1 is 0.625 bits per heavy atom. The van der Waals surface area contributed by atoms with Gasteiger partial charge in [0.05, 0.1) is 0 Å². The number of esters is 1. The molecule has 0 spiro atoms. The van der Waals surface area contributed by atoms with Gasteiger partial charge in [-0.3, -0.25) is 0 Å². The second-order valence-corrected chi connectivity index (χ2v) is 5.85. The van der Waals surface area contributed by atoms with Crippen LogP contribution in [0.25, 0.3) is 0 Å². The number of carbonyl (C=O) groups excluding carboxylic acids is 1. The Morgan fingerprint density at radius 3 is 1.25 bits per heavy atom. The Bertz CT molecular complexity index is 711. The first kappa shape index (κ1) is 30.0. The quantitative estimate of drug-likeness (QED) is 0.187. The first-order valence-corrected chi connectivity index (χ1v) is 7.16. The summed E-state index contributed by atoms with van der Waals surface area (Å²) >= 11 is 0. The highest BCUT2D eigenvalue weighted by molar-refractivity contribution is 5.81. The molecule has 0 N–H and O–H groups in total. The van der Waals surface area contributed by atoms with Crippen molar-refractivity contribution in [3.8, 4) is 0 Å². The summed E-state index contributed by atoms with van der Waals surface area (Å²) in [4.78, 5) is 10.5. The van der Waals surface area contributed by atoms with Crippen LogP contribution in [0.3, 0.4) is 0 Å². The monoisotopic (exact) mass is 518 g/mol. The minimum absolute atomic E-state index is 0.208. The van der Waals surface area contributed by atoms with Crippen molar-refractivity contribution in [3.05, 3.63) is 12.7 Å². The summed E-state index contributed by atoms with van der Waals surface area (Å²) in [6.07, 6.45) is -10.2. The average molecular weight is 518 g/mol. The van der Waals surface area contributed by atoms with Crippen molar-refractivity contribution in [2.45, 2.75) is 54.0 Å². The second kappa shape index (κ2) is 8.11. The van der Waals surface area contributed by atoms with Gasteiger partial charge in [-0.1, -0.05) is 6.58 Å². The Morgan fingerprint density at radius 2 is 0.938 bits per heavy atom. The molecule has 0 heterocycles. The Labute approximate surface area is 165 Å². The van der Waals surface area contributed by atoms with Crippen molar-refractivity contribution in [3.63, 3.8) is 0 Å². The Kier molecular flexibility index (Phi) is 7.60. The standard InChI is InChI=1S/C13H7F17O2/c1-2-5(31)32-8(19,20)3-6(15,16)9(21,22)11(25,26)13(29,30)12(27,28)10(23,24)7(17,18)4-14/h2H,1,3-4H2. The van der Waals surface area contributed by atoms with E-state index >= 15 is 0 Å². The van der Waals surface area contributed by atoms with E-state index in [2.05, 4.69) is 11.3 Å². The molecule has 0 aromatic carbocycles. The minimum atomic E-state index is -8.53. The summed E-state index contributed by atoms with van der Waals surface area (Å²) in [6.45, 7) is -1.49. The molecular formula is C13H7F17O2. The van der Waals surface area contributed by atoms with Crippen LogP contribution in [0.1, 0.15) is 6.42 Å². The summed E-state index contributed by atoms with van der Waals surface area (Å²) < 4.78 is 225. The number of rotatable bonds is 11. The van der Waals surface area contributed by atoms with E-state index in [1.807, 2.05) is 0 Å². The third-order valence-corrected chi connectivity index (χ3v) is 3.51. The molecule has 190 valence electrons. The van der Waals surface area contributed by atoms with Gasteiger partial charge in [0.25, 0.3) is 0 Å². The van der Waals surface area contributed by atoms with Crippen LogP contribution in [0.4, 0.5) is 74.6 Å². The summed E-state index contributed by atoms with van der Waals surface area (Å²) in [6, 6.07) is 0. The molecule has 2 nitrogen and oxygen atoms in total. The predicted octanol–water partition coefficient (Wildman–Crippen LogP) is 6.12. The largest absolute Gasteiger partial charge is 0.406 e. The molecule has 0 aliphatic heterocycles. The predicted molar refractivity (Wildman–Crippen MR) is 66.5 cm³/mol. The molecule has 0 rings (SSSR count). The van der Waals surface area contributed by atoms with Crippen molar-refractivity contribution in [1.29, 1.82) is 0 Å². The zero-order valence-corrected chi connectivity index (χ0v) is 14.4. The van der Waals surface area contributed by atoms with E-state index in [4.69, 9.17) is 0 Å². The zero-order valence-electron chi connectivity index (χ0n) is 14.4. The molecule has 0 radical (unpaired) electrons. The lowest BCUT2D eigenvalue weighted by Gasteiger charge is -2.42. The highest BCUT2D eigenvalue weighted by Crippen LogP contribution is 2.63. The molecular weight excluding hydrogens is 511 g/mol. The van der Waals surface area contributed by atoms with Crippen LogP contribution in [-0.4, -0.2) is 60.2 Å². The van der Waals surface area contributed by atoms with Gasteiger partial charge in [-0.05, 0) is 0 Å². The molecule has 0 saturated heterocycles. The minimum Gasteiger partial charge on any atom is -0.397 e. The zero-order chi connectivity index (χ0) is 26.4. The number of hydrogen-bond acceptors (Lipinski definition) is 2. The van der Waals surface area contributed by atoms with Crippen LogP contribution in [-0.2, 0) is 9.53 Å². The first-order valence-electron chi connectivity index (χ1n) is 7.16. The molecule has 0 aliphatic carbocycles. The van der Waals surface area contributed by atoms with Gasteiger partial charge in [0.15, 0.2) is 6.67 Å². The topological polar surface area (TPSA) is 26.3 Å². The van der Waals surface area contributed by atoms with Gasteiger partial charge in [0.2, 0.25) is 0 Å². The first-order chi connectivity index (χ1) is 13.7. The fourth-order valence-electron chi connectivity index (χ4n) is 1.73. The molecule has 0 atom stereocenters. The summed E-state index contributed by atoms with van der Waals surface area (Å²) in [5.74, 6) is -57.8. The van der Waals surface area contributed by atoms with Crippen molar-refractivity contribution in [2.24, 2.45) is 0 Å². The van der Waals surface area contributed by atoms with Crippen molar-refractivity contribution < 1.29 is 84.2 Å². The van der Waals surface area contributed by atoms with Crippen LogP contribution in [0.15, 0.2) is 12.7 Å². The number of hydrogen-bond donors (Lipinski definition) is 0. The van der Waals surface area contributed by atoms with Crippen LogP contribution in [0.5, 0.6) is 0 Å². The average Bonchev–Trinajstić information content (AvgIpc) is 2.58. The SMILES string of the molecule is C=CC(=O)OC(F)(F)CC(F)(F)C(F)(F)C(F)(F)C(F)(F)C(F)(F)C(F)(F)C(F)(F)CF. The smallest absolute Gasteiger partial charge is 0.397 e. The number of ether oxygens (including phenoxy) is 1. The van der Waals surface area contributed by atoms with Gasteiger partial charge in [-0.2, -0.15) is 70.2 Å². The Hall–Kier alpha value is -1.98. The third kappa shape index (κ3) is 4.42. The third-order valence-electron chi connectivity index (χ3n) is 3.51. The van der Waals surface area contributed by atoms with E-state index < -0.39 is 66.6 Å². The summed E-state index contributed by atoms with van der Waals surface area (Å²) in [7, 11) is 0. The number of carbonyl (C=O) groups is 1. The molecule has 0 amide bonds. The Balaban J connectivity index is 6.49. The number of halogens is 17. The molecule has 0 fully saturated rings. The van der Waals surface area contributed by atoms with Crippen LogP contribution < -0.4 is 0 Å².